The van der Waals surface area contributed by atoms with E-state index in [9.17, 15) is 14.7 Å². The first kappa shape index (κ1) is 20.7. The van der Waals surface area contributed by atoms with Crippen molar-refractivity contribution in [2.75, 3.05) is 13.1 Å². The SMILES string of the molecule is Cc1ccc2nc(CC3CN(C(=O)NC4CCCCC4)CCC3CC(=O)O)[nH]c2c1. The number of hydrogen-bond acceptors (Lipinski definition) is 3. The quantitative estimate of drug-likeness (QED) is 0.694. The van der Waals surface area contributed by atoms with E-state index in [0.717, 1.165) is 29.7 Å². The van der Waals surface area contributed by atoms with E-state index < -0.39 is 5.97 Å². The van der Waals surface area contributed by atoms with Crippen LogP contribution in [0.4, 0.5) is 4.79 Å². The Bertz CT molecular complexity index is 903. The van der Waals surface area contributed by atoms with Gasteiger partial charge in [0.2, 0.25) is 0 Å². The number of fused-ring (bicyclic) bond motifs is 1. The Labute approximate surface area is 177 Å². The molecule has 0 bridgehead atoms. The average molecular weight is 413 g/mol. The van der Waals surface area contributed by atoms with Crippen molar-refractivity contribution in [2.45, 2.75) is 64.3 Å². The van der Waals surface area contributed by atoms with E-state index in [1.165, 1.54) is 24.8 Å². The van der Waals surface area contributed by atoms with Crippen molar-refractivity contribution in [1.82, 2.24) is 20.2 Å². The highest BCUT2D eigenvalue weighted by molar-refractivity contribution is 5.76. The maximum absolute atomic E-state index is 12.8. The lowest BCUT2D eigenvalue weighted by atomic mass is 9.81. The molecule has 2 atom stereocenters. The van der Waals surface area contributed by atoms with Gasteiger partial charge in [-0.3, -0.25) is 4.79 Å². The first-order valence-corrected chi connectivity index (χ1v) is 11.2. The fourth-order valence-corrected chi connectivity index (χ4v) is 5.02. The zero-order valence-corrected chi connectivity index (χ0v) is 17.7. The van der Waals surface area contributed by atoms with Crippen LogP contribution < -0.4 is 5.32 Å². The van der Waals surface area contributed by atoms with Gasteiger partial charge < -0.3 is 20.3 Å². The molecular formula is C23H32N4O3. The number of carboxylic acids is 1. The number of nitrogens with one attached hydrogen (secondary N) is 2. The van der Waals surface area contributed by atoms with Gasteiger partial charge in [0.05, 0.1) is 11.0 Å². The van der Waals surface area contributed by atoms with Crippen molar-refractivity contribution in [3.63, 3.8) is 0 Å². The molecule has 2 fully saturated rings. The molecule has 1 saturated carbocycles. The lowest BCUT2D eigenvalue weighted by Gasteiger charge is -2.38. The van der Waals surface area contributed by atoms with Crippen LogP contribution >= 0.6 is 0 Å². The molecule has 7 heteroatoms. The lowest BCUT2D eigenvalue weighted by Crippen LogP contribution is -2.51. The molecule has 2 aliphatic rings. The minimum Gasteiger partial charge on any atom is -0.481 e. The number of urea groups is 1. The van der Waals surface area contributed by atoms with E-state index in [1.807, 2.05) is 24.0 Å². The summed E-state index contributed by atoms with van der Waals surface area (Å²) < 4.78 is 0. The number of aromatic nitrogens is 2. The molecule has 0 spiro atoms. The second-order valence-corrected chi connectivity index (χ2v) is 9.05. The third-order valence-electron chi connectivity index (χ3n) is 6.69. The van der Waals surface area contributed by atoms with E-state index >= 15 is 0 Å². The standard InChI is InChI=1S/C23H32N4O3/c1-15-7-8-19-20(11-15)26-21(25-19)12-17-14-27(10-9-16(17)13-22(28)29)23(30)24-18-5-3-2-4-6-18/h7-8,11,16-18H,2-6,9-10,12-14H2,1H3,(H,24,30)(H,25,26)(H,28,29). The molecule has 4 rings (SSSR count). The first-order chi connectivity index (χ1) is 14.5. The van der Waals surface area contributed by atoms with Gasteiger partial charge in [-0.25, -0.2) is 9.78 Å². The van der Waals surface area contributed by atoms with Gasteiger partial charge in [0.15, 0.2) is 0 Å². The van der Waals surface area contributed by atoms with Gasteiger partial charge in [0, 0.05) is 32.0 Å². The number of H-pyrrole nitrogens is 1. The van der Waals surface area contributed by atoms with E-state index in [0.29, 0.717) is 25.9 Å². The highest BCUT2D eigenvalue weighted by atomic mass is 16.4. The Morgan fingerprint density at radius 1 is 1.20 bits per heavy atom. The number of nitrogens with zero attached hydrogens (tertiary/aromatic N) is 2. The smallest absolute Gasteiger partial charge is 0.317 e. The second-order valence-electron chi connectivity index (χ2n) is 9.05. The summed E-state index contributed by atoms with van der Waals surface area (Å²) in [6, 6.07) is 6.40. The first-order valence-electron chi connectivity index (χ1n) is 11.2. The number of hydrogen-bond donors (Lipinski definition) is 3. The maximum Gasteiger partial charge on any atom is 0.317 e. The predicted molar refractivity (Wildman–Crippen MR) is 115 cm³/mol. The lowest BCUT2D eigenvalue weighted by molar-refractivity contribution is -0.139. The Hall–Kier alpha value is -2.57. The molecule has 2 aromatic rings. The summed E-state index contributed by atoms with van der Waals surface area (Å²) >= 11 is 0. The van der Waals surface area contributed by atoms with E-state index in [4.69, 9.17) is 4.98 Å². The number of likely N-dealkylation sites (tertiary alicyclic amines) is 1. The monoisotopic (exact) mass is 412 g/mol. The number of aliphatic carboxylic acids is 1. The zero-order chi connectivity index (χ0) is 21.1. The average Bonchev–Trinajstić information content (AvgIpc) is 3.11. The van der Waals surface area contributed by atoms with Crippen LogP contribution in [-0.2, 0) is 11.2 Å². The van der Waals surface area contributed by atoms with Crippen LogP contribution in [-0.4, -0.2) is 51.1 Å². The number of piperidine rings is 1. The summed E-state index contributed by atoms with van der Waals surface area (Å²) in [4.78, 5) is 34.2. The largest absolute Gasteiger partial charge is 0.481 e. The third-order valence-corrected chi connectivity index (χ3v) is 6.69. The van der Waals surface area contributed by atoms with Crippen molar-refractivity contribution in [2.24, 2.45) is 11.8 Å². The van der Waals surface area contributed by atoms with Crippen molar-refractivity contribution >= 4 is 23.0 Å². The molecular weight excluding hydrogens is 380 g/mol. The van der Waals surface area contributed by atoms with E-state index in [-0.39, 0.29) is 30.3 Å². The maximum atomic E-state index is 12.8. The van der Waals surface area contributed by atoms with Gasteiger partial charge in [-0.05, 0) is 55.7 Å². The molecule has 2 amide bonds. The van der Waals surface area contributed by atoms with Gasteiger partial charge >= 0.3 is 12.0 Å². The minimum absolute atomic E-state index is 0.000839. The number of rotatable bonds is 5. The normalized spacial score (nSPS) is 22.9. The van der Waals surface area contributed by atoms with E-state index in [2.05, 4.69) is 16.4 Å². The molecule has 1 aromatic carbocycles. The number of imidazole rings is 1. The van der Waals surface area contributed by atoms with Crippen LogP contribution in [0.25, 0.3) is 11.0 Å². The molecule has 0 radical (unpaired) electrons. The van der Waals surface area contributed by atoms with Crippen LogP contribution in [0.3, 0.4) is 0 Å². The molecule has 1 aliphatic carbocycles. The molecule has 2 heterocycles. The molecule has 1 aromatic heterocycles. The van der Waals surface area contributed by atoms with Crippen LogP contribution in [0.1, 0.15) is 56.3 Å². The Morgan fingerprint density at radius 2 is 2.00 bits per heavy atom. The number of amides is 2. The summed E-state index contributed by atoms with van der Waals surface area (Å²) in [5.41, 5.74) is 3.10. The fraction of sp³-hybridized carbons (Fsp3) is 0.609. The summed E-state index contributed by atoms with van der Waals surface area (Å²) in [5, 5.41) is 12.6. The summed E-state index contributed by atoms with van der Waals surface area (Å²) in [7, 11) is 0. The second kappa shape index (κ2) is 9.06. The fourth-order valence-electron chi connectivity index (χ4n) is 5.02. The van der Waals surface area contributed by atoms with Crippen molar-refractivity contribution in [3.05, 3.63) is 29.6 Å². The Kier molecular flexibility index (Phi) is 6.25. The molecule has 3 N–H and O–H groups in total. The predicted octanol–water partition coefficient (Wildman–Crippen LogP) is 3.87. The molecule has 7 nitrogen and oxygen atoms in total. The minimum atomic E-state index is -0.773. The van der Waals surface area contributed by atoms with Gasteiger partial charge in [0.25, 0.3) is 0 Å². The number of benzene rings is 1. The van der Waals surface area contributed by atoms with Gasteiger partial charge in [-0.15, -0.1) is 0 Å². The zero-order valence-electron chi connectivity index (χ0n) is 17.7. The topological polar surface area (TPSA) is 98.3 Å². The highest BCUT2D eigenvalue weighted by Crippen LogP contribution is 2.30. The van der Waals surface area contributed by atoms with Gasteiger partial charge in [0.1, 0.15) is 5.82 Å². The van der Waals surface area contributed by atoms with Crippen LogP contribution in [0.2, 0.25) is 0 Å². The number of aromatic amines is 1. The molecule has 1 aliphatic heterocycles. The van der Waals surface area contributed by atoms with Crippen LogP contribution in [0.5, 0.6) is 0 Å². The van der Waals surface area contributed by atoms with Gasteiger partial charge in [-0.1, -0.05) is 25.3 Å². The molecule has 162 valence electrons. The summed E-state index contributed by atoms with van der Waals surface area (Å²) in [6.07, 6.45) is 7.24. The van der Waals surface area contributed by atoms with Crippen LogP contribution in [0.15, 0.2) is 18.2 Å². The molecule has 30 heavy (non-hydrogen) atoms. The Balaban J connectivity index is 1.45. The van der Waals surface area contributed by atoms with Crippen LogP contribution in [0, 0.1) is 18.8 Å². The van der Waals surface area contributed by atoms with Crippen molar-refractivity contribution in [1.29, 1.82) is 0 Å². The summed E-state index contributed by atoms with van der Waals surface area (Å²) in [6.45, 7) is 3.24. The van der Waals surface area contributed by atoms with Crippen molar-refractivity contribution < 1.29 is 14.7 Å². The number of carbonyl (C=O) groups excluding carboxylic acids is 1. The number of aryl methyl sites for hydroxylation is 1. The Morgan fingerprint density at radius 3 is 2.77 bits per heavy atom. The van der Waals surface area contributed by atoms with Gasteiger partial charge in [-0.2, -0.15) is 0 Å². The van der Waals surface area contributed by atoms with E-state index in [1.54, 1.807) is 0 Å². The highest BCUT2D eigenvalue weighted by Gasteiger charge is 2.34. The number of carbonyl (C=O) groups is 2. The third kappa shape index (κ3) is 4.94. The van der Waals surface area contributed by atoms with Crippen molar-refractivity contribution in [3.8, 4) is 0 Å². The number of carboxylic acid groups (broad SMARTS) is 1. The molecule has 2 unspecified atom stereocenters. The summed E-state index contributed by atoms with van der Waals surface area (Å²) in [5.74, 6) is 0.223. The molecule has 1 saturated heterocycles.